The lowest BCUT2D eigenvalue weighted by Crippen LogP contribution is -2.30. The number of hydrogen-bond acceptors (Lipinski definition) is 3. The minimum Gasteiger partial charge on any atom is -0.493 e. The van der Waals surface area contributed by atoms with Crippen LogP contribution >= 0.6 is 0 Å². The molecule has 3 heteroatoms. The van der Waals surface area contributed by atoms with Gasteiger partial charge in [-0.1, -0.05) is 6.07 Å². The van der Waals surface area contributed by atoms with Gasteiger partial charge in [-0.05, 0) is 44.4 Å². The number of benzene rings is 1. The van der Waals surface area contributed by atoms with Gasteiger partial charge in [-0.25, -0.2) is 0 Å². The average Bonchev–Trinajstić information content (AvgIpc) is 2.18. The minimum absolute atomic E-state index is 0.381. The molecular weight excluding hydrogens is 202 g/mol. The van der Waals surface area contributed by atoms with E-state index in [2.05, 4.69) is 6.07 Å². The molecule has 0 aliphatic rings. The second-order valence-electron chi connectivity index (χ2n) is 4.65. The Morgan fingerprint density at radius 1 is 1.06 bits per heavy atom. The van der Waals surface area contributed by atoms with Crippen molar-refractivity contribution in [2.75, 3.05) is 14.2 Å². The topological polar surface area (TPSA) is 44.5 Å². The summed E-state index contributed by atoms with van der Waals surface area (Å²) in [6, 6.07) is 2.07. The maximum absolute atomic E-state index is 6.15. The van der Waals surface area contributed by atoms with Crippen LogP contribution in [0, 0.1) is 13.8 Å². The van der Waals surface area contributed by atoms with E-state index in [0.717, 1.165) is 28.2 Å². The number of aryl methyl sites for hydroxylation is 1. The Labute approximate surface area is 97.6 Å². The van der Waals surface area contributed by atoms with Crippen molar-refractivity contribution in [2.45, 2.75) is 33.2 Å². The largest absolute Gasteiger partial charge is 0.493 e. The molecule has 0 radical (unpaired) electrons. The van der Waals surface area contributed by atoms with E-state index < -0.39 is 0 Å². The Morgan fingerprint density at radius 3 is 1.94 bits per heavy atom. The first-order valence-corrected chi connectivity index (χ1v) is 5.34. The van der Waals surface area contributed by atoms with E-state index in [0.29, 0.717) is 0 Å². The lowest BCUT2D eigenvalue weighted by molar-refractivity contribution is 0.349. The number of rotatable bonds is 3. The molecule has 0 saturated carbocycles. The van der Waals surface area contributed by atoms with Crippen LogP contribution in [0.15, 0.2) is 6.07 Å². The molecule has 3 nitrogen and oxygen atoms in total. The minimum atomic E-state index is -0.381. The Morgan fingerprint density at radius 2 is 1.56 bits per heavy atom. The van der Waals surface area contributed by atoms with Crippen molar-refractivity contribution in [3.05, 3.63) is 22.8 Å². The number of nitrogens with two attached hydrogens (primary N) is 1. The van der Waals surface area contributed by atoms with E-state index in [1.165, 1.54) is 0 Å². The van der Waals surface area contributed by atoms with Gasteiger partial charge in [0.05, 0.1) is 14.2 Å². The smallest absolute Gasteiger partial charge is 0.164 e. The fourth-order valence-corrected chi connectivity index (χ4v) is 2.03. The molecular formula is C13H21NO2. The molecule has 2 N–H and O–H groups in total. The van der Waals surface area contributed by atoms with Gasteiger partial charge >= 0.3 is 0 Å². The first-order chi connectivity index (χ1) is 7.32. The molecule has 1 aromatic rings. The summed E-state index contributed by atoms with van der Waals surface area (Å²) >= 11 is 0. The molecule has 0 heterocycles. The van der Waals surface area contributed by atoms with Crippen molar-refractivity contribution < 1.29 is 9.47 Å². The Hall–Kier alpha value is -1.22. The summed E-state index contributed by atoms with van der Waals surface area (Å²) in [5.41, 5.74) is 8.93. The molecule has 0 fully saturated rings. The van der Waals surface area contributed by atoms with Gasteiger partial charge in [0.1, 0.15) is 0 Å². The summed E-state index contributed by atoms with van der Waals surface area (Å²) in [6.07, 6.45) is 0. The van der Waals surface area contributed by atoms with Gasteiger partial charge in [0.25, 0.3) is 0 Å². The first kappa shape index (κ1) is 12.8. The maximum Gasteiger partial charge on any atom is 0.164 e. The highest BCUT2D eigenvalue weighted by Gasteiger charge is 2.22. The van der Waals surface area contributed by atoms with E-state index in [4.69, 9.17) is 15.2 Å². The van der Waals surface area contributed by atoms with Gasteiger partial charge in [0, 0.05) is 5.54 Å². The van der Waals surface area contributed by atoms with Gasteiger partial charge in [-0.2, -0.15) is 0 Å². The fraction of sp³-hybridized carbons (Fsp3) is 0.538. The van der Waals surface area contributed by atoms with Gasteiger partial charge in [-0.15, -0.1) is 0 Å². The maximum atomic E-state index is 6.15. The van der Waals surface area contributed by atoms with Crippen molar-refractivity contribution in [3.63, 3.8) is 0 Å². The SMILES string of the molecule is COc1c(C)cc(C(C)(C)N)c(C)c1OC. The summed E-state index contributed by atoms with van der Waals surface area (Å²) in [6.45, 7) is 7.97. The summed E-state index contributed by atoms with van der Waals surface area (Å²) in [4.78, 5) is 0. The fourth-order valence-electron chi connectivity index (χ4n) is 2.03. The number of hydrogen-bond donors (Lipinski definition) is 1. The predicted octanol–water partition coefficient (Wildman–Crippen LogP) is 2.51. The zero-order valence-corrected chi connectivity index (χ0v) is 11.0. The summed E-state index contributed by atoms with van der Waals surface area (Å²) in [7, 11) is 3.30. The molecule has 16 heavy (non-hydrogen) atoms. The van der Waals surface area contributed by atoms with E-state index in [9.17, 15) is 0 Å². The van der Waals surface area contributed by atoms with Crippen LogP contribution < -0.4 is 15.2 Å². The molecule has 0 spiro atoms. The Bertz CT molecular complexity index is 392. The van der Waals surface area contributed by atoms with E-state index in [1.807, 2.05) is 27.7 Å². The third-order valence-corrected chi connectivity index (χ3v) is 2.77. The highest BCUT2D eigenvalue weighted by molar-refractivity contribution is 5.56. The van der Waals surface area contributed by atoms with Crippen LogP contribution in [0.25, 0.3) is 0 Å². The van der Waals surface area contributed by atoms with Gasteiger partial charge in [-0.3, -0.25) is 0 Å². The van der Waals surface area contributed by atoms with E-state index in [1.54, 1.807) is 14.2 Å². The quantitative estimate of drug-likeness (QED) is 0.856. The third kappa shape index (κ3) is 2.14. The van der Waals surface area contributed by atoms with Crippen LogP contribution in [0.4, 0.5) is 0 Å². The molecule has 0 bridgehead atoms. The van der Waals surface area contributed by atoms with Crippen LogP contribution in [0.1, 0.15) is 30.5 Å². The summed E-state index contributed by atoms with van der Waals surface area (Å²) < 4.78 is 10.8. The normalized spacial score (nSPS) is 11.4. The Kier molecular flexibility index (Phi) is 3.48. The van der Waals surface area contributed by atoms with Crippen LogP contribution in [-0.4, -0.2) is 14.2 Å². The molecule has 0 amide bonds. The second kappa shape index (κ2) is 4.34. The van der Waals surface area contributed by atoms with Crippen molar-refractivity contribution >= 4 is 0 Å². The number of ether oxygens (including phenoxy) is 2. The molecule has 1 rings (SSSR count). The zero-order chi connectivity index (χ0) is 12.5. The zero-order valence-electron chi connectivity index (χ0n) is 11.0. The molecule has 0 saturated heterocycles. The molecule has 90 valence electrons. The van der Waals surface area contributed by atoms with Gasteiger partial charge in [0.15, 0.2) is 11.5 Å². The third-order valence-electron chi connectivity index (χ3n) is 2.77. The van der Waals surface area contributed by atoms with Crippen molar-refractivity contribution in [1.29, 1.82) is 0 Å². The molecule has 0 aromatic heterocycles. The van der Waals surface area contributed by atoms with Gasteiger partial charge < -0.3 is 15.2 Å². The average molecular weight is 223 g/mol. The van der Waals surface area contributed by atoms with Crippen LogP contribution in [0.2, 0.25) is 0 Å². The second-order valence-corrected chi connectivity index (χ2v) is 4.65. The Balaban J connectivity index is 3.53. The standard InChI is InChI=1S/C13H21NO2/c1-8-7-10(13(3,4)14)9(2)12(16-6)11(8)15-5/h7H,14H2,1-6H3. The lowest BCUT2D eigenvalue weighted by Gasteiger charge is -2.25. The molecule has 0 aliphatic carbocycles. The monoisotopic (exact) mass is 223 g/mol. The van der Waals surface area contributed by atoms with Crippen LogP contribution in [-0.2, 0) is 5.54 Å². The molecule has 0 aliphatic heterocycles. The van der Waals surface area contributed by atoms with Crippen molar-refractivity contribution in [3.8, 4) is 11.5 Å². The highest BCUT2D eigenvalue weighted by Crippen LogP contribution is 2.39. The van der Waals surface area contributed by atoms with Gasteiger partial charge in [0.2, 0.25) is 0 Å². The van der Waals surface area contributed by atoms with Crippen molar-refractivity contribution in [2.24, 2.45) is 5.73 Å². The van der Waals surface area contributed by atoms with Crippen LogP contribution in [0.3, 0.4) is 0 Å². The first-order valence-electron chi connectivity index (χ1n) is 5.34. The summed E-state index contributed by atoms with van der Waals surface area (Å²) in [5, 5.41) is 0. The van der Waals surface area contributed by atoms with Crippen LogP contribution in [0.5, 0.6) is 11.5 Å². The predicted molar refractivity (Wildman–Crippen MR) is 66.2 cm³/mol. The highest BCUT2D eigenvalue weighted by atomic mass is 16.5. The summed E-state index contributed by atoms with van der Waals surface area (Å²) in [5.74, 6) is 1.56. The molecule has 0 atom stereocenters. The molecule has 1 aromatic carbocycles. The lowest BCUT2D eigenvalue weighted by atomic mass is 9.89. The van der Waals surface area contributed by atoms with E-state index in [-0.39, 0.29) is 5.54 Å². The van der Waals surface area contributed by atoms with Crippen molar-refractivity contribution in [1.82, 2.24) is 0 Å². The number of methoxy groups -OCH3 is 2. The molecule has 0 unspecified atom stereocenters. The van der Waals surface area contributed by atoms with E-state index >= 15 is 0 Å².